The maximum Gasteiger partial charge on any atom is 0.266 e. The first kappa shape index (κ1) is 49.2. The Bertz CT molecular complexity index is 1730. The number of fused-ring (bicyclic) bond motifs is 2. The zero-order valence-corrected chi connectivity index (χ0v) is 36.8. The minimum Gasteiger partial charge on any atom is -0.497 e. The highest BCUT2D eigenvalue weighted by Gasteiger charge is 2.48. The number of ether oxygens (including phenoxy) is 9. The van der Waals surface area contributed by atoms with Gasteiger partial charge in [-0.15, -0.1) is 0 Å². The van der Waals surface area contributed by atoms with E-state index in [0.29, 0.717) is 42.2 Å². The molecule has 59 heavy (non-hydrogen) atoms. The van der Waals surface area contributed by atoms with Crippen molar-refractivity contribution in [2.24, 2.45) is 0 Å². The van der Waals surface area contributed by atoms with Crippen LogP contribution in [0.25, 0.3) is 0 Å². The Labute approximate surface area is 350 Å². The Kier molecular flexibility index (Phi) is 20.6. The van der Waals surface area contributed by atoms with Crippen molar-refractivity contribution in [2.75, 3.05) is 81.1 Å². The van der Waals surface area contributed by atoms with Crippen LogP contribution in [0.4, 0.5) is 5.69 Å². The lowest BCUT2D eigenvalue weighted by Gasteiger charge is -2.22. The van der Waals surface area contributed by atoms with E-state index >= 15 is 0 Å². The van der Waals surface area contributed by atoms with E-state index in [1.54, 1.807) is 92.2 Å². The molecule has 0 radical (unpaired) electrons. The van der Waals surface area contributed by atoms with Gasteiger partial charge in [-0.25, -0.2) is 4.90 Å². The van der Waals surface area contributed by atoms with Crippen molar-refractivity contribution >= 4 is 23.3 Å². The van der Waals surface area contributed by atoms with Crippen LogP contribution in [0.1, 0.15) is 95.6 Å². The second-order valence-electron chi connectivity index (χ2n) is 15.2. The molecule has 326 valence electrons. The maximum absolute atomic E-state index is 12.6. The van der Waals surface area contributed by atoms with Crippen LogP contribution in [0.3, 0.4) is 0 Å². The minimum atomic E-state index is -0.362. The maximum atomic E-state index is 12.6. The van der Waals surface area contributed by atoms with Gasteiger partial charge < -0.3 is 42.6 Å². The molecule has 2 fully saturated rings. The number of hydrogen-bond donors (Lipinski definition) is 0. The van der Waals surface area contributed by atoms with E-state index in [1.807, 2.05) is 18.2 Å². The van der Waals surface area contributed by atoms with Gasteiger partial charge in [0.25, 0.3) is 11.8 Å². The first-order valence-electron chi connectivity index (χ1n) is 19.9. The molecule has 0 bridgehead atoms. The zero-order chi connectivity index (χ0) is 43.5. The molecule has 0 aliphatic carbocycles. The molecule has 6 rings (SSSR count). The van der Waals surface area contributed by atoms with Crippen LogP contribution < -0.4 is 14.4 Å². The van der Waals surface area contributed by atoms with Gasteiger partial charge in [-0.05, 0) is 85.3 Å². The van der Waals surface area contributed by atoms with Crippen molar-refractivity contribution in [1.29, 1.82) is 0 Å². The summed E-state index contributed by atoms with van der Waals surface area (Å²) in [5.74, 6) is 1.00. The number of imide groups is 1. The highest BCUT2D eigenvalue weighted by atomic mass is 16.6. The fourth-order valence-corrected chi connectivity index (χ4v) is 6.70. The summed E-state index contributed by atoms with van der Waals surface area (Å²) in [5.41, 5.74) is 3.81. The molecule has 3 heterocycles. The molecule has 0 spiro atoms. The molecular formula is C46H65NO12. The number of Topliss-reactive ketones (excluding diaryl/α,β-unsaturated/α-hetero) is 1. The summed E-state index contributed by atoms with van der Waals surface area (Å²) in [6.07, 6.45) is 5.18. The second kappa shape index (κ2) is 24.8. The van der Waals surface area contributed by atoms with E-state index in [9.17, 15) is 14.4 Å². The number of carbonyl (C=O) groups is 3. The van der Waals surface area contributed by atoms with Crippen molar-refractivity contribution in [3.05, 3.63) is 88.5 Å². The number of rotatable bonds is 15. The smallest absolute Gasteiger partial charge is 0.266 e. The van der Waals surface area contributed by atoms with Gasteiger partial charge in [-0.3, -0.25) is 14.4 Å². The molecule has 13 nitrogen and oxygen atoms in total. The SMILES string of the molecule is COCCCCCCOC.COCc1ccc2c(c1)C(=O)N(c1ccc(C(C)=O)cc1)C2=O.CO[C@H]1CO[C@@H]2[C@H]1OC[C@H]2OC.COc1ccc(OC)c(C(C)(C)C)c1. The largest absolute Gasteiger partial charge is 0.497 e. The van der Waals surface area contributed by atoms with Crippen LogP contribution in [0.2, 0.25) is 0 Å². The molecule has 13 heteroatoms. The third kappa shape index (κ3) is 13.9. The van der Waals surface area contributed by atoms with Gasteiger partial charge in [-0.2, -0.15) is 0 Å². The lowest BCUT2D eigenvalue weighted by Crippen LogP contribution is -2.32. The number of methoxy groups -OCH3 is 7. The molecule has 0 N–H and O–H groups in total. The topological polar surface area (TPSA) is 138 Å². The number of unbranched alkanes of at least 4 members (excludes halogenated alkanes) is 3. The monoisotopic (exact) mass is 823 g/mol. The molecule has 3 aromatic carbocycles. The average Bonchev–Trinajstić information content (AvgIpc) is 3.91. The second-order valence-corrected chi connectivity index (χ2v) is 15.2. The molecule has 3 aliphatic heterocycles. The minimum absolute atomic E-state index is 0.0666. The normalized spacial score (nSPS) is 19.1. The Morgan fingerprint density at radius 3 is 1.69 bits per heavy atom. The van der Waals surface area contributed by atoms with Crippen molar-refractivity contribution in [1.82, 2.24) is 0 Å². The number of hydrogen-bond acceptors (Lipinski definition) is 12. The predicted octanol–water partition coefficient (Wildman–Crippen LogP) is 7.49. The Balaban J connectivity index is 0.000000224. The van der Waals surface area contributed by atoms with E-state index in [4.69, 9.17) is 42.6 Å². The third-order valence-electron chi connectivity index (χ3n) is 10.0. The molecule has 3 aromatic rings. The summed E-state index contributed by atoms with van der Waals surface area (Å²) in [4.78, 5) is 37.5. The van der Waals surface area contributed by atoms with Gasteiger partial charge in [0.05, 0.1) is 50.9 Å². The standard InChI is InChI=1S/C18H15NO4.C12H18O2.C8H14O4.C8H18O2/c1-11(20)13-4-6-14(7-5-13)19-17(21)15-8-3-12(10-23-2)9-16(15)18(19)22;1-12(2,3)10-8-9(13-4)6-7-11(10)14-5;1-9-5-3-11-8-6(10-2)4-12-7(5)8;1-9-7-5-3-4-6-8-10-2/h3-9H,10H2,1-2H3;6-8H,1-5H3;5-8H,3-4H2,1-2H3;3-8H2,1-2H3/t;;5-,6+,7-,8-;/m..0./s1. The van der Waals surface area contributed by atoms with E-state index in [0.717, 1.165) is 35.2 Å². The summed E-state index contributed by atoms with van der Waals surface area (Å²) >= 11 is 0. The van der Waals surface area contributed by atoms with E-state index < -0.39 is 0 Å². The molecule has 3 aliphatic rings. The fourth-order valence-electron chi connectivity index (χ4n) is 6.70. The first-order chi connectivity index (χ1) is 28.3. The average molecular weight is 824 g/mol. The summed E-state index contributed by atoms with van der Waals surface area (Å²) in [6, 6.07) is 17.4. The van der Waals surface area contributed by atoms with Crippen LogP contribution in [0, 0.1) is 0 Å². The molecule has 0 aromatic heterocycles. The summed E-state index contributed by atoms with van der Waals surface area (Å²) < 4.78 is 46.8. The molecule has 4 atom stereocenters. The van der Waals surface area contributed by atoms with Gasteiger partial charge in [0.1, 0.15) is 35.9 Å². The molecule has 0 unspecified atom stereocenters. The van der Waals surface area contributed by atoms with E-state index in [2.05, 4.69) is 20.8 Å². The lowest BCUT2D eigenvalue weighted by molar-refractivity contribution is -0.0267. The van der Waals surface area contributed by atoms with Crippen LogP contribution in [0.5, 0.6) is 11.5 Å². The Morgan fingerprint density at radius 2 is 1.24 bits per heavy atom. The summed E-state index contributed by atoms with van der Waals surface area (Å²) in [7, 11) is 11.8. The van der Waals surface area contributed by atoms with Crippen LogP contribution in [0.15, 0.2) is 60.7 Å². The van der Waals surface area contributed by atoms with E-state index in [1.165, 1.54) is 38.2 Å². The molecule has 2 amide bonds. The van der Waals surface area contributed by atoms with Gasteiger partial charge in [0.15, 0.2) is 5.78 Å². The lowest BCUT2D eigenvalue weighted by atomic mass is 9.86. The predicted molar refractivity (Wildman–Crippen MR) is 226 cm³/mol. The first-order valence-corrected chi connectivity index (χ1v) is 19.9. The number of ketones is 1. The van der Waals surface area contributed by atoms with Gasteiger partial charge in [0, 0.05) is 59.9 Å². The quantitative estimate of drug-likeness (QED) is 0.0853. The summed E-state index contributed by atoms with van der Waals surface area (Å²) in [6.45, 7) is 11.3. The number of benzene rings is 3. The van der Waals surface area contributed by atoms with Crippen molar-refractivity contribution in [3.8, 4) is 11.5 Å². The van der Waals surface area contributed by atoms with Crippen LogP contribution >= 0.6 is 0 Å². The van der Waals surface area contributed by atoms with Crippen LogP contribution in [-0.4, -0.2) is 118 Å². The number of anilines is 1. The van der Waals surface area contributed by atoms with Gasteiger partial charge in [0.2, 0.25) is 0 Å². The highest BCUT2D eigenvalue weighted by Crippen LogP contribution is 2.34. The van der Waals surface area contributed by atoms with Gasteiger partial charge >= 0.3 is 0 Å². The van der Waals surface area contributed by atoms with Crippen molar-refractivity contribution < 1.29 is 57.0 Å². The zero-order valence-electron chi connectivity index (χ0n) is 36.8. The molecule has 0 saturated carbocycles. The van der Waals surface area contributed by atoms with Gasteiger partial charge in [-0.1, -0.05) is 39.7 Å². The van der Waals surface area contributed by atoms with Crippen LogP contribution in [-0.2, 0) is 45.2 Å². The number of carbonyl (C=O) groups excluding carboxylic acids is 3. The third-order valence-corrected chi connectivity index (χ3v) is 10.0. The molecule has 2 saturated heterocycles. The van der Waals surface area contributed by atoms with Crippen molar-refractivity contribution in [3.63, 3.8) is 0 Å². The summed E-state index contributed by atoms with van der Waals surface area (Å²) in [5, 5.41) is 0. The number of amides is 2. The Morgan fingerprint density at radius 1 is 0.678 bits per heavy atom. The molecular weight excluding hydrogens is 759 g/mol. The number of nitrogens with zero attached hydrogens (tertiary/aromatic N) is 1. The Hall–Kier alpha value is -4.21. The highest BCUT2D eigenvalue weighted by molar-refractivity contribution is 6.34. The fraction of sp³-hybridized carbons (Fsp3) is 0.543. The van der Waals surface area contributed by atoms with Crippen molar-refractivity contribution in [2.45, 2.75) is 89.8 Å². The van der Waals surface area contributed by atoms with E-state index in [-0.39, 0.29) is 47.4 Å².